The lowest BCUT2D eigenvalue weighted by Crippen LogP contribution is -2.42. The Morgan fingerprint density at radius 1 is 1.28 bits per heavy atom. The Morgan fingerprint density at radius 2 is 2.03 bits per heavy atom. The summed E-state index contributed by atoms with van der Waals surface area (Å²) in [5, 5.41) is 15.1. The second-order valence-electron chi connectivity index (χ2n) is 7.27. The lowest BCUT2D eigenvalue weighted by molar-refractivity contribution is 0.559. The van der Waals surface area contributed by atoms with Crippen LogP contribution in [0.1, 0.15) is 36.5 Å². The number of thioether (sulfide) groups is 1. The maximum absolute atomic E-state index is 14.3. The van der Waals surface area contributed by atoms with Crippen LogP contribution in [0.5, 0.6) is 0 Å². The Morgan fingerprint density at radius 3 is 2.66 bits per heavy atom. The average Bonchev–Trinajstić information content (AvgIpc) is 3.42. The molecule has 1 fully saturated rings. The molecule has 0 atom stereocenters. The summed E-state index contributed by atoms with van der Waals surface area (Å²) in [7, 11) is 1.94. The van der Waals surface area contributed by atoms with Gasteiger partial charge in [0, 0.05) is 25.6 Å². The minimum Gasteiger partial charge on any atom is -0.356 e. The molecule has 0 saturated heterocycles. The molecule has 1 aliphatic rings. The Bertz CT molecular complexity index is 821. The topological polar surface area (TPSA) is 67.1 Å². The minimum atomic E-state index is -0.131. The smallest absolute Gasteiger partial charge is 0.191 e. The molecule has 0 amide bonds. The SMILES string of the molecule is CSCCCNC(=NCc1nnc(C)n1C)NCC1(c2ccccc2F)CC1.I. The van der Waals surface area contributed by atoms with Gasteiger partial charge in [0.25, 0.3) is 0 Å². The molecule has 2 aromatic rings. The number of guanidine groups is 1. The maximum atomic E-state index is 14.3. The highest BCUT2D eigenvalue weighted by atomic mass is 127. The van der Waals surface area contributed by atoms with Crippen molar-refractivity contribution in [3.8, 4) is 0 Å². The predicted molar refractivity (Wildman–Crippen MR) is 129 cm³/mol. The van der Waals surface area contributed by atoms with Crippen molar-refractivity contribution in [3.05, 3.63) is 47.3 Å². The first kappa shape index (κ1) is 23.9. The molecule has 1 aromatic carbocycles. The number of hydrogen-bond donors (Lipinski definition) is 2. The van der Waals surface area contributed by atoms with Gasteiger partial charge >= 0.3 is 0 Å². The van der Waals surface area contributed by atoms with Gasteiger partial charge in [-0.2, -0.15) is 11.8 Å². The zero-order chi connectivity index (χ0) is 20.0. The van der Waals surface area contributed by atoms with Gasteiger partial charge in [0.1, 0.15) is 18.2 Å². The Balaban J connectivity index is 0.00000300. The molecule has 29 heavy (non-hydrogen) atoms. The number of nitrogens with zero attached hydrogens (tertiary/aromatic N) is 4. The van der Waals surface area contributed by atoms with Crippen LogP contribution in [0.15, 0.2) is 29.3 Å². The van der Waals surface area contributed by atoms with Crippen molar-refractivity contribution in [2.45, 2.75) is 38.1 Å². The van der Waals surface area contributed by atoms with E-state index in [0.717, 1.165) is 54.7 Å². The van der Waals surface area contributed by atoms with Gasteiger partial charge in [0.2, 0.25) is 0 Å². The molecular formula is C20H30FIN6S. The van der Waals surface area contributed by atoms with Gasteiger partial charge in [0.05, 0.1) is 0 Å². The molecule has 160 valence electrons. The van der Waals surface area contributed by atoms with Crippen LogP contribution in [0, 0.1) is 12.7 Å². The molecule has 6 nitrogen and oxygen atoms in total. The zero-order valence-corrected chi connectivity index (χ0v) is 20.4. The van der Waals surface area contributed by atoms with Gasteiger partial charge in [-0.3, -0.25) is 0 Å². The van der Waals surface area contributed by atoms with Crippen LogP contribution in [-0.2, 0) is 19.0 Å². The van der Waals surface area contributed by atoms with Crippen LogP contribution < -0.4 is 10.6 Å². The third kappa shape index (κ3) is 6.31. The second-order valence-corrected chi connectivity index (χ2v) is 8.26. The maximum Gasteiger partial charge on any atom is 0.191 e. The molecule has 0 unspecified atom stereocenters. The van der Waals surface area contributed by atoms with Crippen molar-refractivity contribution in [2.24, 2.45) is 12.0 Å². The van der Waals surface area contributed by atoms with Crippen LogP contribution >= 0.6 is 35.7 Å². The lowest BCUT2D eigenvalue weighted by atomic mass is 9.95. The monoisotopic (exact) mass is 532 g/mol. The van der Waals surface area contributed by atoms with E-state index < -0.39 is 0 Å². The van der Waals surface area contributed by atoms with Gasteiger partial charge < -0.3 is 15.2 Å². The van der Waals surface area contributed by atoms with Crippen molar-refractivity contribution >= 4 is 41.7 Å². The number of benzene rings is 1. The van der Waals surface area contributed by atoms with E-state index in [9.17, 15) is 4.39 Å². The molecule has 0 aliphatic heterocycles. The number of nitrogens with one attached hydrogen (secondary N) is 2. The first-order valence-corrected chi connectivity index (χ1v) is 11.1. The van der Waals surface area contributed by atoms with Gasteiger partial charge in [-0.05, 0) is 49.8 Å². The zero-order valence-electron chi connectivity index (χ0n) is 17.2. The molecule has 2 N–H and O–H groups in total. The van der Waals surface area contributed by atoms with E-state index in [1.165, 1.54) is 0 Å². The summed E-state index contributed by atoms with van der Waals surface area (Å²) in [6.07, 6.45) is 5.14. The third-order valence-corrected chi connectivity index (χ3v) is 5.97. The van der Waals surface area contributed by atoms with Gasteiger partial charge in [-0.1, -0.05) is 18.2 Å². The van der Waals surface area contributed by atoms with Crippen molar-refractivity contribution in [2.75, 3.05) is 25.1 Å². The van der Waals surface area contributed by atoms with E-state index in [1.807, 2.05) is 42.4 Å². The molecule has 0 spiro atoms. The van der Waals surface area contributed by atoms with Crippen LogP contribution in [0.25, 0.3) is 0 Å². The third-order valence-electron chi connectivity index (χ3n) is 5.27. The fraction of sp³-hybridized carbons (Fsp3) is 0.550. The first-order valence-electron chi connectivity index (χ1n) is 9.67. The summed E-state index contributed by atoms with van der Waals surface area (Å²) >= 11 is 1.83. The Kier molecular flexibility index (Phi) is 9.19. The fourth-order valence-corrected chi connectivity index (χ4v) is 3.61. The molecular weight excluding hydrogens is 502 g/mol. The normalized spacial score (nSPS) is 15.0. The van der Waals surface area contributed by atoms with E-state index in [4.69, 9.17) is 0 Å². The van der Waals surface area contributed by atoms with E-state index in [0.29, 0.717) is 13.1 Å². The predicted octanol–water partition coefficient (Wildman–Crippen LogP) is 3.40. The second kappa shape index (κ2) is 11.1. The number of aliphatic imine (C=N–C) groups is 1. The molecule has 9 heteroatoms. The molecule has 1 heterocycles. The number of halogens is 2. The van der Waals surface area contributed by atoms with E-state index >= 15 is 0 Å². The fourth-order valence-electron chi connectivity index (χ4n) is 3.17. The lowest BCUT2D eigenvalue weighted by Gasteiger charge is -2.20. The summed E-state index contributed by atoms with van der Waals surface area (Å²) in [4.78, 5) is 4.68. The highest BCUT2D eigenvalue weighted by Crippen LogP contribution is 2.48. The van der Waals surface area contributed by atoms with Gasteiger partial charge in [-0.25, -0.2) is 9.38 Å². The number of aryl methyl sites for hydroxylation is 1. The van der Waals surface area contributed by atoms with Crippen molar-refractivity contribution in [3.63, 3.8) is 0 Å². The molecule has 1 saturated carbocycles. The van der Waals surface area contributed by atoms with E-state index in [2.05, 4.69) is 32.1 Å². The quantitative estimate of drug-likeness (QED) is 0.224. The molecule has 1 aromatic heterocycles. The highest BCUT2D eigenvalue weighted by molar-refractivity contribution is 14.0. The minimum absolute atomic E-state index is 0. The summed E-state index contributed by atoms with van der Waals surface area (Å²) in [6.45, 7) is 3.88. The Labute approximate surface area is 193 Å². The Hall–Kier alpha value is -1.36. The summed E-state index contributed by atoms with van der Waals surface area (Å²) in [6, 6.07) is 7.09. The highest BCUT2D eigenvalue weighted by Gasteiger charge is 2.45. The first-order chi connectivity index (χ1) is 13.6. The van der Waals surface area contributed by atoms with Crippen molar-refractivity contribution in [1.82, 2.24) is 25.4 Å². The van der Waals surface area contributed by atoms with Crippen molar-refractivity contribution in [1.29, 1.82) is 0 Å². The van der Waals surface area contributed by atoms with Gasteiger partial charge in [-0.15, -0.1) is 34.2 Å². The van der Waals surface area contributed by atoms with E-state index in [1.54, 1.807) is 12.1 Å². The summed E-state index contributed by atoms with van der Waals surface area (Å²) in [5.74, 6) is 3.40. The van der Waals surface area contributed by atoms with Crippen LogP contribution in [0.3, 0.4) is 0 Å². The molecule has 3 rings (SSSR count). The largest absolute Gasteiger partial charge is 0.356 e. The summed E-state index contributed by atoms with van der Waals surface area (Å²) in [5.41, 5.74) is 0.669. The standard InChI is InChI=1S/C20H29FN6S.HI/c1-15-25-26-18(27(15)2)13-23-19(22-11-6-12-28-3)24-14-20(9-10-20)16-7-4-5-8-17(16)21;/h4-5,7-8H,6,9-14H2,1-3H3,(H2,22,23,24);1H. The van der Waals surface area contributed by atoms with Crippen LogP contribution in [0.4, 0.5) is 4.39 Å². The number of hydrogen-bond acceptors (Lipinski definition) is 4. The van der Waals surface area contributed by atoms with Crippen LogP contribution in [0.2, 0.25) is 0 Å². The number of rotatable bonds is 9. The molecule has 1 aliphatic carbocycles. The molecule has 0 radical (unpaired) electrons. The van der Waals surface area contributed by atoms with E-state index in [-0.39, 0.29) is 35.2 Å². The number of aromatic nitrogens is 3. The average molecular weight is 532 g/mol. The van der Waals surface area contributed by atoms with Crippen molar-refractivity contribution < 1.29 is 4.39 Å². The van der Waals surface area contributed by atoms with Crippen LogP contribution in [-0.4, -0.2) is 45.8 Å². The summed E-state index contributed by atoms with van der Waals surface area (Å²) < 4.78 is 16.2. The molecule has 0 bridgehead atoms. The van der Waals surface area contributed by atoms with Gasteiger partial charge in [0.15, 0.2) is 11.8 Å².